The Morgan fingerprint density at radius 3 is 2.25 bits per heavy atom. The van der Waals surface area contributed by atoms with Crippen molar-refractivity contribution < 1.29 is 52.4 Å². The zero-order valence-corrected chi connectivity index (χ0v) is 19.5. The van der Waals surface area contributed by atoms with Gasteiger partial charge in [0.2, 0.25) is 0 Å². The van der Waals surface area contributed by atoms with Crippen molar-refractivity contribution in [2.45, 2.75) is 63.2 Å². The molecule has 0 radical (unpaired) electrons. The van der Waals surface area contributed by atoms with Crippen molar-refractivity contribution in [3.8, 4) is 17.2 Å². The van der Waals surface area contributed by atoms with Crippen LogP contribution in [0.1, 0.15) is 57.4 Å². The van der Waals surface area contributed by atoms with E-state index in [1.54, 1.807) is 12.1 Å². The first kappa shape index (κ1) is 25.0. The van der Waals surface area contributed by atoms with Crippen LogP contribution in [0.5, 0.6) is 17.2 Å². The second-order valence-electron chi connectivity index (χ2n) is 6.64. The Morgan fingerprint density at radius 1 is 0.929 bits per heavy atom. The van der Waals surface area contributed by atoms with E-state index in [0.29, 0.717) is 5.75 Å². The molecule has 0 aliphatic heterocycles. The van der Waals surface area contributed by atoms with Gasteiger partial charge >= 0.3 is 29.6 Å². The van der Waals surface area contributed by atoms with E-state index in [4.69, 9.17) is 4.74 Å². The third-order valence-electron chi connectivity index (χ3n) is 4.45. The molecule has 0 aromatic heterocycles. The Morgan fingerprint density at radius 2 is 1.57 bits per heavy atom. The van der Waals surface area contributed by atoms with Gasteiger partial charge in [-0.1, -0.05) is 81.5 Å². The fraction of sp³-hybridized carbons (Fsp3) is 0.429. The quantitative estimate of drug-likeness (QED) is 0.346. The molecule has 0 atom stereocenters. The summed E-state index contributed by atoms with van der Waals surface area (Å²) in [4.78, 5) is -0.513. The third-order valence-corrected chi connectivity index (χ3v) is 5.33. The Hall–Kier alpha value is -1.05. The molecule has 2 aromatic carbocycles. The van der Waals surface area contributed by atoms with Gasteiger partial charge in [-0.05, 0) is 30.5 Å². The zero-order chi connectivity index (χ0) is 19.7. The molecule has 0 bridgehead atoms. The van der Waals surface area contributed by atoms with Crippen molar-refractivity contribution in [3.63, 3.8) is 0 Å². The van der Waals surface area contributed by atoms with Crippen molar-refractivity contribution in [2.75, 3.05) is 0 Å². The molecular weight excluding hydrogens is 387 g/mol. The van der Waals surface area contributed by atoms with Crippen molar-refractivity contribution in [1.29, 1.82) is 0 Å². The first-order valence-electron chi connectivity index (χ1n) is 9.46. The largest absolute Gasteiger partial charge is 1.00 e. The standard InChI is InChI=1S/C21H28O5S.Na/c1-2-3-4-5-6-7-8-12-17-13-9-10-15-19(17)26-21-18(22)14-11-16-20(21)27(23,24)25;/h9-11,13-16,22H,2-8,12H2,1H3,(H,23,24,25);/q;+1/p-1. The zero-order valence-electron chi connectivity index (χ0n) is 16.7. The average Bonchev–Trinajstić information content (AvgIpc) is 2.63. The van der Waals surface area contributed by atoms with E-state index >= 15 is 0 Å². The molecule has 7 heteroatoms. The van der Waals surface area contributed by atoms with E-state index < -0.39 is 20.8 Å². The number of hydrogen-bond donors (Lipinski definition) is 1. The van der Waals surface area contributed by atoms with Crippen LogP contribution in [0.4, 0.5) is 0 Å². The predicted molar refractivity (Wildman–Crippen MR) is 104 cm³/mol. The van der Waals surface area contributed by atoms with Crippen LogP contribution >= 0.6 is 0 Å². The molecule has 0 fully saturated rings. The van der Waals surface area contributed by atoms with Crippen LogP contribution in [-0.2, 0) is 16.5 Å². The molecule has 0 heterocycles. The minimum atomic E-state index is -4.55. The molecule has 2 rings (SSSR count). The Kier molecular flexibility index (Phi) is 11.2. The van der Waals surface area contributed by atoms with E-state index in [0.717, 1.165) is 30.9 Å². The molecule has 0 unspecified atom stereocenters. The van der Waals surface area contributed by atoms with Crippen LogP contribution in [0.2, 0.25) is 0 Å². The van der Waals surface area contributed by atoms with Crippen LogP contribution in [0.25, 0.3) is 0 Å². The van der Waals surface area contributed by atoms with Gasteiger partial charge in [0.1, 0.15) is 16.4 Å². The van der Waals surface area contributed by atoms with Crippen LogP contribution in [0.3, 0.4) is 0 Å². The van der Waals surface area contributed by atoms with Crippen molar-refractivity contribution in [2.24, 2.45) is 0 Å². The van der Waals surface area contributed by atoms with Gasteiger partial charge in [0, 0.05) is 0 Å². The monoisotopic (exact) mass is 414 g/mol. The molecule has 0 amide bonds. The summed E-state index contributed by atoms with van der Waals surface area (Å²) >= 11 is 0. The maximum absolute atomic E-state index is 12.1. The first-order valence-corrected chi connectivity index (χ1v) is 10.9. The maximum atomic E-state index is 12.1. The fourth-order valence-corrected chi connectivity index (χ4v) is 3.62. The van der Waals surface area contributed by atoms with Crippen LogP contribution in [-0.4, -0.2) is 13.0 Å². The molecule has 0 saturated heterocycles. The van der Waals surface area contributed by atoms with Gasteiger partial charge in [0.15, 0.2) is 0 Å². The first-order chi connectivity index (χ1) is 12.9. The Labute approximate surface area is 190 Å². The molecule has 0 saturated carbocycles. The number of aryl methyl sites for hydroxylation is 1. The third kappa shape index (κ3) is 7.76. The van der Waals surface area contributed by atoms with Crippen molar-refractivity contribution in [3.05, 3.63) is 48.0 Å². The fourth-order valence-electron chi connectivity index (χ4n) is 2.99. The molecule has 0 spiro atoms. The summed E-state index contributed by atoms with van der Waals surface area (Å²) in [6.45, 7) is 2.20. The number of unbranched alkanes of at least 4 members (excludes halogenated alkanes) is 6. The molecule has 2 aromatic rings. The van der Waals surface area contributed by atoms with E-state index in [-0.39, 0.29) is 35.3 Å². The summed E-state index contributed by atoms with van der Waals surface area (Å²) in [5, 5.41) is 12.1. The molecule has 0 aliphatic carbocycles. The van der Waals surface area contributed by atoms with Gasteiger partial charge in [-0.2, -0.15) is 8.42 Å². The summed E-state index contributed by atoms with van der Waals surface area (Å²) < 4.78 is 38.1. The summed E-state index contributed by atoms with van der Waals surface area (Å²) in [5.74, 6) is -0.514. The molecule has 1 N–H and O–H groups in total. The van der Waals surface area contributed by atoms with Gasteiger partial charge in [-0.15, -0.1) is 0 Å². The van der Waals surface area contributed by atoms with Crippen molar-refractivity contribution >= 4 is 10.1 Å². The van der Waals surface area contributed by atoms with E-state index in [1.165, 1.54) is 44.2 Å². The molecular formula is C21H27NaO5S. The normalized spacial score (nSPS) is 11.1. The Bertz CT molecular complexity index is 836. The number of ether oxygens (including phenoxy) is 1. The minimum absolute atomic E-state index is 0. The summed E-state index contributed by atoms with van der Waals surface area (Å²) in [6.07, 6.45) is 9.12. The number of hydrogen-bond acceptors (Lipinski definition) is 4. The van der Waals surface area contributed by atoms with Gasteiger partial charge in [0.05, 0.1) is 0 Å². The summed E-state index contributed by atoms with van der Waals surface area (Å²) in [6, 6.07) is 10.9. The number of rotatable bonds is 11. The van der Waals surface area contributed by atoms with Crippen LogP contribution in [0, 0.1) is 0 Å². The predicted octanol–water partition coefficient (Wildman–Crippen LogP) is 2.10. The summed E-state index contributed by atoms with van der Waals surface area (Å²) in [5.41, 5.74) is 0.913. The van der Waals surface area contributed by atoms with E-state index in [2.05, 4.69) is 6.92 Å². The molecule has 0 aliphatic rings. The smallest absolute Gasteiger partial charge is 0.870 e. The van der Waals surface area contributed by atoms with Crippen LogP contribution in [0.15, 0.2) is 47.4 Å². The summed E-state index contributed by atoms with van der Waals surface area (Å²) in [7, 11) is -4.55. The SMILES string of the molecule is CCCCCCCCCc1ccccc1Oc1c([O-])cccc1S(=O)(=O)O.[Na+]. The number of para-hydroxylation sites is 2. The van der Waals surface area contributed by atoms with Crippen LogP contribution < -0.4 is 39.4 Å². The number of benzene rings is 2. The molecule has 28 heavy (non-hydrogen) atoms. The van der Waals surface area contributed by atoms with Gasteiger partial charge in [-0.3, -0.25) is 4.55 Å². The topological polar surface area (TPSA) is 86.7 Å². The Balaban J connectivity index is 0.00000392. The van der Waals surface area contributed by atoms with Crippen molar-refractivity contribution in [1.82, 2.24) is 0 Å². The van der Waals surface area contributed by atoms with Gasteiger partial charge in [0.25, 0.3) is 10.1 Å². The van der Waals surface area contributed by atoms with E-state index in [1.807, 2.05) is 12.1 Å². The molecule has 5 nitrogen and oxygen atoms in total. The maximum Gasteiger partial charge on any atom is 1.00 e. The second-order valence-corrected chi connectivity index (χ2v) is 8.03. The second kappa shape index (κ2) is 12.5. The van der Waals surface area contributed by atoms with E-state index in [9.17, 15) is 18.1 Å². The molecule has 148 valence electrons. The average molecular weight is 414 g/mol. The van der Waals surface area contributed by atoms with Gasteiger partial charge in [-0.25, -0.2) is 0 Å². The van der Waals surface area contributed by atoms with Gasteiger partial charge < -0.3 is 9.84 Å². The minimum Gasteiger partial charge on any atom is -0.870 e.